The number of halogens is 1. The summed E-state index contributed by atoms with van der Waals surface area (Å²) in [6.07, 6.45) is 3.28. The van der Waals surface area contributed by atoms with Crippen molar-refractivity contribution in [1.82, 2.24) is 4.57 Å². The molecule has 0 spiro atoms. The zero-order valence-corrected chi connectivity index (χ0v) is 20.0. The first-order valence-electron chi connectivity index (χ1n) is 10.3. The molecule has 1 aromatic heterocycles. The number of fused-ring (bicyclic) bond motifs is 1. The Morgan fingerprint density at radius 3 is 2.58 bits per heavy atom. The minimum absolute atomic E-state index is 0.00781. The molecule has 0 aliphatic rings. The van der Waals surface area contributed by atoms with Gasteiger partial charge in [0, 0.05) is 10.0 Å². The van der Waals surface area contributed by atoms with E-state index in [1.807, 2.05) is 18.2 Å². The van der Waals surface area contributed by atoms with Crippen LogP contribution in [0.15, 0.2) is 51.9 Å². The van der Waals surface area contributed by atoms with Gasteiger partial charge in [-0.3, -0.25) is 9.59 Å². The van der Waals surface area contributed by atoms with E-state index in [-0.39, 0.29) is 18.4 Å². The van der Waals surface area contributed by atoms with Crippen LogP contribution in [0.2, 0.25) is 0 Å². The first-order valence-corrected chi connectivity index (χ1v) is 11.9. The van der Waals surface area contributed by atoms with Crippen LogP contribution in [0.1, 0.15) is 43.5 Å². The first kappa shape index (κ1) is 23.2. The number of ether oxygens (including phenoxy) is 2. The van der Waals surface area contributed by atoms with E-state index in [2.05, 4.69) is 27.8 Å². The molecule has 3 rings (SSSR count). The highest BCUT2D eigenvalue weighted by molar-refractivity contribution is 9.10. The number of benzene rings is 2. The van der Waals surface area contributed by atoms with Crippen LogP contribution in [0.3, 0.4) is 0 Å². The van der Waals surface area contributed by atoms with Crippen molar-refractivity contribution in [3.63, 3.8) is 0 Å². The second kappa shape index (κ2) is 11.2. The molecule has 8 heteroatoms. The molecule has 0 aliphatic heterocycles. The maximum Gasteiger partial charge on any atom is 0.326 e. The summed E-state index contributed by atoms with van der Waals surface area (Å²) in [5.41, 5.74) is 1.28. The van der Waals surface area contributed by atoms with E-state index in [1.54, 1.807) is 35.8 Å². The Hall–Kier alpha value is -2.45. The van der Waals surface area contributed by atoms with Crippen LogP contribution in [0, 0.1) is 0 Å². The van der Waals surface area contributed by atoms with E-state index >= 15 is 0 Å². The predicted octanol–water partition coefficient (Wildman–Crippen LogP) is 5.34. The number of amides is 1. The first-order chi connectivity index (χ1) is 15.0. The quantitative estimate of drug-likeness (QED) is 0.291. The van der Waals surface area contributed by atoms with E-state index in [1.165, 1.54) is 11.3 Å². The molecule has 0 atom stereocenters. The molecular weight excluding hydrogens is 480 g/mol. The smallest absolute Gasteiger partial charge is 0.326 e. The van der Waals surface area contributed by atoms with Crippen LogP contribution in [0.4, 0.5) is 0 Å². The van der Waals surface area contributed by atoms with Crippen LogP contribution >= 0.6 is 27.3 Å². The normalized spacial score (nSPS) is 11.6. The summed E-state index contributed by atoms with van der Waals surface area (Å²) in [7, 11) is 0. The molecule has 31 heavy (non-hydrogen) atoms. The van der Waals surface area contributed by atoms with Gasteiger partial charge in [0.2, 0.25) is 0 Å². The number of esters is 1. The van der Waals surface area contributed by atoms with Gasteiger partial charge in [0.1, 0.15) is 12.3 Å². The fourth-order valence-corrected chi connectivity index (χ4v) is 4.59. The van der Waals surface area contributed by atoms with Crippen molar-refractivity contribution in [2.45, 2.75) is 39.7 Å². The molecule has 0 radical (unpaired) electrons. The van der Waals surface area contributed by atoms with Gasteiger partial charge < -0.3 is 14.0 Å². The summed E-state index contributed by atoms with van der Waals surface area (Å²) in [6.45, 7) is 4.86. The van der Waals surface area contributed by atoms with Gasteiger partial charge in [-0.25, -0.2) is 0 Å². The highest BCUT2D eigenvalue weighted by Gasteiger charge is 2.13. The van der Waals surface area contributed by atoms with Gasteiger partial charge in [0.15, 0.2) is 4.80 Å². The third kappa shape index (κ3) is 6.27. The molecular formula is C23H25BrN2O4S. The third-order valence-electron chi connectivity index (χ3n) is 4.55. The topological polar surface area (TPSA) is 69.9 Å². The molecule has 0 aliphatic carbocycles. The molecule has 6 nitrogen and oxygen atoms in total. The van der Waals surface area contributed by atoms with Crippen molar-refractivity contribution in [2.24, 2.45) is 4.99 Å². The second-order valence-electron chi connectivity index (χ2n) is 6.88. The van der Waals surface area contributed by atoms with Gasteiger partial charge in [-0.1, -0.05) is 47.0 Å². The standard InChI is InChI=1S/C23H25BrN2O4S/c1-3-5-6-13-30-18-10-7-16(8-11-18)22(28)25-23-26(15-21(27)29-4-2)19-12-9-17(24)14-20(19)31-23/h7-12,14H,3-6,13,15H2,1-2H3. The minimum Gasteiger partial charge on any atom is -0.494 e. The molecule has 0 unspecified atom stereocenters. The van der Waals surface area contributed by atoms with Gasteiger partial charge in [-0.05, 0) is 55.8 Å². The summed E-state index contributed by atoms with van der Waals surface area (Å²) >= 11 is 4.81. The number of thiazole rings is 1. The molecule has 164 valence electrons. The van der Waals surface area contributed by atoms with E-state index in [4.69, 9.17) is 9.47 Å². The van der Waals surface area contributed by atoms with Crippen LogP contribution in [0.25, 0.3) is 10.2 Å². The number of carbonyl (C=O) groups is 2. The number of hydrogen-bond donors (Lipinski definition) is 0. The summed E-state index contributed by atoms with van der Waals surface area (Å²) in [6, 6.07) is 12.7. The van der Waals surface area contributed by atoms with Crippen LogP contribution in [-0.4, -0.2) is 29.7 Å². The van der Waals surface area contributed by atoms with E-state index in [9.17, 15) is 9.59 Å². The minimum atomic E-state index is -0.374. The molecule has 0 saturated heterocycles. The molecule has 1 heterocycles. The monoisotopic (exact) mass is 504 g/mol. The number of carbonyl (C=O) groups excluding carboxylic acids is 2. The molecule has 1 amide bonds. The van der Waals surface area contributed by atoms with Crippen molar-refractivity contribution in [1.29, 1.82) is 0 Å². The number of aromatic nitrogens is 1. The Kier molecular flexibility index (Phi) is 8.43. The Morgan fingerprint density at radius 1 is 1.10 bits per heavy atom. The average molecular weight is 505 g/mol. The molecule has 0 N–H and O–H groups in total. The lowest BCUT2D eigenvalue weighted by atomic mass is 10.2. The zero-order valence-electron chi connectivity index (χ0n) is 17.6. The third-order valence-corrected chi connectivity index (χ3v) is 6.09. The van der Waals surface area contributed by atoms with Crippen molar-refractivity contribution in [2.75, 3.05) is 13.2 Å². The molecule has 0 fully saturated rings. The highest BCUT2D eigenvalue weighted by atomic mass is 79.9. The Bertz CT molecular complexity index is 1120. The van der Waals surface area contributed by atoms with E-state index in [0.717, 1.165) is 39.7 Å². The fourth-order valence-electron chi connectivity index (χ4n) is 3.01. The Morgan fingerprint density at radius 2 is 1.87 bits per heavy atom. The molecule has 2 aromatic carbocycles. The van der Waals surface area contributed by atoms with Gasteiger partial charge in [-0.2, -0.15) is 4.99 Å². The summed E-state index contributed by atoms with van der Waals surface area (Å²) in [5, 5.41) is 0. The number of nitrogens with zero attached hydrogens (tertiary/aromatic N) is 2. The molecule has 0 bridgehead atoms. The predicted molar refractivity (Wildman–Crippen MR) is 126 cm³/mol. The van der Waals surface area contributed by atoms with Gasteiger partial charge >= 0.3 is 5.97 Å². The summed E-state index contributed by atoms with van der Waals surface area (Å²) in [4.78, 5) is 29.7. The van der Waals surface area contributed by atoms with Gasteiger partial charge in [0.25, 0.3) is 5.91 Å². The van der Waals surface area contributed by atoms with E-state index in [0.29, 0.717) is 23.6 Å². The molecule has 3 aromatic rings. The van der Waals surface area contributed by atoms with Crippen molar-refractivity contribution >= 4 is 49.4 Å². The maximum absolute atomic E-state index is 12.8. The van der Waals surface area contributed by atoms with Crippen LogP contribution in [0.5, 0.6) is 5.75 Å². The van der Waals surface area contributed by atoms with Crippen LogP contribution < -0.4 is 9.54 Å². The maximum atomic E-state index is 12.8. The second-order valence-corrected chi connectivity index (χ2v) is 8.81. The largest absolute Gasteiger partial charge is 0.494 e. The average Bonchev–Trinajstić information content (AvgIpc) is 3.07. The SMILES string of the molecule is CCCCCOc1ccc(C(=O)N=c2sc3cc(Br)ccc3n2CC(=O)OCC)cc1. The van der Waals surface area contributed by atoms with Gasteiger partial charge in [0.05, 0.1) is 23.4 Å². The molecule has 0 saturated carbocycles. The lowest BCUT2D eigenvalue weighted by molar-refractivity contribution is -0.143. The summed E-state index contributed by atoms with van der Waals surface area (Å²) < 4.78 is 14.3. The van der Waals surface area contributed by atoms with Crippen LogP contribution in [-0.2, 0) is 16.1 Å². The van der Waals surface area contributed by atoms with Crippen molar-refractivity contribution in [3.05, 3.63) is 57.3 Å². The lowest BCUT2D eigenvalue weighted by Crippen LogP contribution is -2.23. The Labute approximate surface area is 193 Å². The number of unbranched alkanes of at least 4 members (excludes halogenated alkanes) is 2. The van der Waals surface area contributed by atoms with Crippen molar-refractivity contribution < 1.29 is 19.1 Å². The van der Waals surface area contributed by atoms with E-state index < -0.39 is 0 Å². The van der Waals surface area contributed by atoms with Crippen molar-refractivity contribution in [3.8, 4) is 5.75 Å². The lowest BCUT2D eigenvalue weighted by Gasteiger charge is -2.06. The summed E-state index contributed by atoms with van der Waals surface area (Å²) in [5.74, 6) is -0.0129. The number of hydrogen-bond acceptors (Lipinski definition) is 5. The Balaban J connectivity index is 1.86. The fraction of sp³-hybridized carbons (Fsp3) is 0.348. The number of rotatable bonds is 9. The highest BCUT2D eigenvalue weighted by Crippen LogP contribution is 2.22. The zero-order chi connectivity index (χ0) is 22.2. The van der Waals surface area contributed by atoms with Gasteiger partial charge in [-0.15, -0.1) is 0 Å².